The topological polar surface area (TPSA) is 81.4 Å². The fourth-order valence-corrected chi connectivity index (χ4v) is 2.61. The van der Waals surface area contributed by atoms with Gasteiger partial charge in [-0.25, -0.2) is 0 Å². The minimum absolute atomic E-state index is 0.186. The number of carbonyl (C=O) groups is 2. The van der Waals surface area contributed by atoms with Crippen LogP contribution in [-0.2, 0) is 6.54 Å². The van der Waals surface area contributed by atoms with Gasteiger partial charge in [0.05, 0.1) is 7.11 Å². The molecule has 2 amide bonds. The summed E-state index contributed by atoms with van der Waals surface area (Å²) in [6.45, 7) is 0.398. The second-order valence-corrected chi connectivity index (χ2v) is 5.68. The molecule has 0 fully saturated rings. The van der Waals surface area contributed by atoms with Gasteiger partial charge in [-0.1, -0.05) is 24.3 Å². The highest BCUT2D eigenvalue weighted by molar-refractivity contribution is 6.01. The molecule has 0 saturated carbocycles. The predicted molar refractivity (Wildman–Crippen MR) is 96.6 cm³/mol. The van der Waals surface area contributed by atoms with Gasteiger partial charge in [-0.05, 0) is 52.7 Å². The number of nitrogens with one attached hydrogen (secondary N) is 1. The Balaban J connectivity index is 1.78. The summed E-state index contributed by atoms with van der Waals surface area (Å²) < 4.78 is 5.17. The molecule has 0 aliphatic rings. The van der Waals surface area contributed by atoms with Crippen molar-refractivity contribution >= 4 is 22.6 Å². The quantitative estimate of drug-likeness (QED) is 0.753. The summed E-state index contributed by atoms with van der Waals surface area (Å²) in [5.74, 6) is 0.0698. The van der Waals surface area contributed by atoms with E-state index in [1.807, 2.05) is 36.4 Å². The summed E-state index contributed by atoms with van der Waals surface area (Å²) >= 11 is 0. The minimum atomic E-state index is -0.491. The fourth-order valence-electron chi connectivity index (χ4n) is 2.61. The summed E-state index contributed by atoms with van der Waals surface area (Å²) in [6, 6.07) is 18.1. The Morgan fingerprint density at radius 2 is 1.68 bits per heavy atom. The van der Waals surface area contributed by atoms with Crippen LogP contribution in [0.3, 0.4) is 0 Å². The zero-order chi connectivity index (χ0) is 17.8. The van der Waals surface area contributed by atoms with Crippen molar-refractivity contribution in [2.24, 2.45) is 5.73 Å². The van der Waals surface area contributed by atoms with E-state index in [9.17, 15) is 9.59 Å². The molecule has 0 spiro atoms. The molecule has 0 radical (unpaired) electrons. The molecule has 0 heterocycles. The van der Waals surface area contributed by atoms with Crippen LogP contribution in [0.2, 0.25) is 0 Å². The normalized spacial score (nSPS) is 10.4. The molecule has 3 rings (SSSR count). The molecule has 0 aliphatic heterocycles. The third-order valence-electron chi connectivity index (χ3n) is 3.97. The molecule has 5 nitrogen and oxygen atoms in total. The van der Waals surface area contributed by atoms with Gasteiger partial charge in [-0.3, -0.25) is 9.59 Å². The SMILES string of the molecule is COc1cccc(CNC(=O)c2ccc3ccc(C(N)=O)cc3c2)c1. The van der Waals surface area contributed by atoms with Gasteiger partial charge in [0.2, 0.25) is 5.91 Å². The lowest BCUT2D eigenvalue weighted by molar-refractivity contribution is 0.0950. The lowest BCUT2D eigenvalue weighted by atomic mass is 10.0. The highest BCUT2D eigenvalue weighted by Crippen LogP contribution is 2.18. The molecule has 126 valence electrons. The Kier molecular flexibility index (Phi) is 4.66. The van der Waals surface area contributed by atoms with E-state index in [1.54, 1.807) is 31.4 Å². The summed E-state index contributed by atoms with van der Waals surface area (Å²) in [5, 5.41) is 4.62. The zero-order valence-corrected chi connectivity index (χ0v) is 13.8. The molecule has 0 atom stereocenters. The highest BCUT2D eigenvalue weighted by atomic mass is 16.5. The van der Waals surface area contributed by atoms with Crippen LogP contribution < -0.4 is 15.8 Å². The average Bonchev–Trinajstić information content (AvgIpc) is 2.65. The summed E-state index contributed by atoms with van der Waals surface area (Å²) in [7, 11) is 1.60. The van der Waals surface area contributed by atoms with Crippen molar-refractivity contribution in [3.63, 3.8) is 0 Å². The van der Waals surface area contributed by atoms with E-state index in [0.29, 0.717) is 17.7 Å². The molecular weight excluding hydrogens is 316 g/mol. The molecule has 3 aromatic carbocycles. The standard InChI is InChI=1S/C20H18N2O3/c1-25-18-4-2-3-13(9-18)12-22-20(24)16-8-6-14-5-7-15(19(21)23)10-17(14)11-16/h2-11H,12H2,1H3,(H2,21,23)(H,22,24). The third kappa shape index (κ3) is 3.77. The van der Waals surface area contributed by atoms with Gasteiger partial charge in [0.25, 0.3) is 5.91 Å². The number of rotatable bonds is 5. The second kappa shape index (κ2) is 7.05. The molecule has 0 saturated heterocycles. The fraction of sp³-hybridized carbons (Fsp3) is 0.100. The Morgan fingerprint density at radius 1 is 0.960 bits per heavy atom. The summed E-state index contributed by atoms with van der Waals surface area (Å²) in [4.78, 5) is 23.7. The van der Waals surface area contributed by atoms with Crippen molar-refractivity contribution in [3.05, 3.63) is 77.4 Å². The first-order chi connectivity index (χ1) is 12.1. The van der Waals surface area contributed by atoms with Crippen molar-refractivity contribution < 1.29 is 14.3 Å². The Labute approximate surface area is 145 Å². The molecule has 3 aromatic rings. The Hall–Kier alpha value is -3.34. The number of carbonyl (C=O) groups excluding carboxylic acids is 2. The minimum Gasteiger partial charge on any atom is -0.497 e. The van der Waals surface area contributed by atoms with Crippen LogP contribution in [0.25, 0.3) is 10.8 Å². The number of hydrogen-bond donors (Lipinski definition) is 2. The lowest BCUT2D eigenvalue weighted by Crippen LogP contribution is -2.22. The number of benzene rings is 3. The highest BCUT2D eigenvalue weighted by Gasteiger charge is 2.08. The molecule has 0 unspecified atom stereocenters. The lowest BCUT2D eigenvalue weighted by Gasteiger charge is -2.08. The first-order valence-corrected chi connectivity index (χ1v) is 7.81. The Morgan fingerprint density at radius 3 is 2.40 bits per heavy atom. The summed E-state index contributed by atoms with van der Waals surface area (Å²) in [6.07, 6.45) is 0. The van der Waals surface area contributed by atoms with Crippen molar-refractivity contribution in [2.45, 2.75) is 6.54 Å². The number of amides is 2. The number of ether oxygens (including phenoxy) is 1. The van der Waals surface area contributed by atoms with Crippen LogP contribution in [-0.4, -0.2) is 18.9 Å². The van der Waals surface area contributed by atoms with Gasteiger partial charge in [0.15, 0.2) is 0 Å². The molecule has 25 heavy (non-hydrogen) atoms. The van der Waals surface area contributed by atoms with E-state index >= 15 is 0 Å². The van der Waals surface area contributed by atoms with Gasteiger partial charge in [-0.2, -0.15) is 0 Å². The molecule has 0 aromatic heterocycles. The summed E-state index contributed by atoms with van der Waals surface area (Å²) in [5.41, 5.74) is 7.20. The van der Waals surface area contributed by atoms with Crippen LogP contribution in [0.5, 0.6) is 5.75 Å². The number of nitrogens with two attached hydrogens (primary N) is 1. The number of primary amides is 1. The van der Waals surface area contributed by atoms with Crippen LogP contribution in [0, 0.1) is 0 Å². The van der Waals surface area contributed by atoms with Gasteiger partial charge >= 0.3 is 0 Å². The van der Waals surface area contributed by atoms with E-state index < -0.39 is 5.91 Å². The van der Waals surface area contributed by atoms with Crippen molar-refractivity contribution in [1.82, 2.24) is 5.32 Å². The van der Waals surface area contributed by atoms with Gasteiger partial charge in [-0.15, -0.1) is 0 Å². The largest absolute Gasteiger partial charge is 0.497 e. The number of hydrogen-bond acceptors (Lipinski definition) is 3. The van der Waals surface area contributed by atoms with Crippen molar-refractivity contribution in [1.29, 1.82) is 0 Å². The van der Waals surface area contributed by atoms with Gasteiger partial charge < -0.3 is 15.8 Å². The van der Waals surface area contributed by atoms with Crippen LogP contribution in [0.15, 0.2) is 60.7 Å². The maximum absolute atomic E-state index is 12.4. The average molecular weight is 334 g/mol. The molecule has 0 bridgehead atoms. The van der Waals surface area contributed by atoms with Crippen molar-refractivity contribution in [2.75, 3.05) is 7.11 Å². The van der Waals surface area contributed by atoms with E-state index in [-0.39, 0.29) is 5.91 Å². The first-order valence-electron chi connectivity index (χ1n) is 7.81. The van der Waals surface area contributed by atoms with Crippen LogP contribution in [0.1, 0.15) is 26.3 Å². The van der Waals surface area contributed by atoms with Crippen LogP contribution >= 0.6 is 0 Å². The molecule has 0 aliphatic carbocycles. The van der Waals surface area contributed by atoms with Gasteiger partial charge in [0.1, 0.15) is 5.75 Å². The van der Waals surface area contributed by atoms with Gasteiger partial charge in [0, 0.05) is 17.7 Å². The zero-order valence-electron chi connectivity index (χ0n) is 13.8. The van der Waals surface area contributed by atoms with Crippen molar-refractivity contribution in [3.8, 4) is 5.75 Å². The van der Waals surface area contributed by atoms with E-state index in [4.69, 9.17) is 10.5 Å². The molecular formula is C20H18N2O3. The first kappa shape index (κ1) is 16.5. The maximum Gasteiger partial charge on any atom is 0.251 e. The van der Waals surface area contributed by atoms with E-state index in [1.165, 1.54) is 0 Å². The molecule has 3 N–H and O–H groups in total. The predicted octanol–water partition coefficient (Wildman–Crippen LogP) is 2.88. The monoisotopic (exact) mass is 334 g/mol. The smallest absolute Gasteiger partial charge is 0.251 e. The number of methoxy groups -OCH3 is 1. The Bertz CT molecular complexity index is 951. The van der Waals surface area contributed by atoms with E-state index in [0.717, 1.165) is 22.1 Å². The third-order valence-corrected chi connectivity index (χ3v) is 3.97. The number of fused-ring (bicyclic) bond motifs is 1. The van der Waals surface area contributed by atoms with E-state index in [2.05, 4.69) is 5.32 Å². The maximum atomic E-state index is 12.4. The molecule has 5 heteroatoms. The van der Waals surface area contributed by atoms with Crippen LogP contribution in [0.4, 0.5) is 0 Å². The second-order valence-electron chi connectivity index (χ2n) is 5.68.